The molecule has 0 saturated heterocycles. The summed E-state index contributed by atoms with van der Waals surface area (Å²) in [6, 6.07) is 69.4. The van der Waals surface area contributed by atoms with E-state index in [9.17, 15) is 0 Å². The van der Waals surface area contributed by atoms with Crippen molar-refractivity contribution in [1.82, 2.24) is 18.3 Å². The molecule has 14 aromatic rings. The number of para-hydroxylation sites is 4. The highest BCUT2D eigenvalue weighted by atomic mass is 15.1. The van der Waals surface area contributed by atoms with E-state index in [1.165, 1.54) is 165 Å². The van der Waals surface area contributed by atoms with E-state index in [1.807, 2.05) is 0 Å². The smallest absolute Gasteiger partial charge is 0.251 e. The Morgan fingerprint density at radius 1 is 0.242 bits per heavy atom. The summed E-state index contributed by atoms with van der Waals surface area (Å²) in [4.78, 5) is 0. The van der Waals surface area contributed by atoms with Gasteiger partial charge in [-0.05, 0) is 92.4 Å². The van der Waals surface area contributed by atoms with Gasteiger partial charge in [-0.2, -0.15) is 0 Å². The molecule has 0 unspecified atom stereocenters. The zero-order valence-corrected chi connectivity index (χ0v) is 35.3. The van der Waals surface area contributed by atoms with Crippen molar-refractivity contribution in [2.24, 2.45) is 0 Å². The van der Waals surface area contributed by atoms with E-state index < -0.39 is 0 Å². The molecule has 0 N–H and O–H groups in total. The number of benzene rings is 10. The second-order valence-electron chi connectivity index (χ2n) is 19.3. The Morgan fingerprint density at radius 3 is 0.788 bits per heavy atom. The Kier molecular flexibility index (Phi) is 5.07. The van der Waals surface area contributed by atoms with Crippen LogP contribution in [-0.2, 0) is 0 Å². The van der Waals surface area contributed by atoms with Crippen molar-refractivity contribution < 1.29 is 0 Å². The Hall–Kier alpha value is -8.47. The lowest BCUT2D eigenvalue weighted by Gasteiger charge is -2.45. The van der Waals surface area contributed by atoms with E-state index >= 15 is 0 Å². The molecule has 4 aromatic heterocycles. The molecule has 0 aliphatic carbocycles. The first-order valence-electron chi connectivity index (χ1n) is 23.4. The monoisotopic (exact) mass is 828 g/mol. The molecular weight excluding hydrogens is 798 g/mol. The summed E-state index contributed by atoms with van der Waals surface area (Å²) >= 11 is 0. The van der Waals surface area contributed by atoms with Gasteiger partial charge in [-0.15, -0.1) is 0 Å². The van der Waals surface area contributed by atoms with Crippen molar-refractivity contribution in [3.05, 3.63) is 182 Å². The molecular formula is C60H30B2N4. The molecule has 0 fully saturated rings. The fraction of sp³-hybridized carbons (Fsp3) is 0. The van der Waals surface area contributed by atoms with Crippen LogP contribution in [0.3, 0.4) is 0 Å². The summed E-state index contributed by atoms with van der Waals surface area (Å²) in [5.41, 5.74) is 29.8. The third kappa shape index (κ3) is 3.13. The Balaban J connectivity index is 1.13. The third-order valence-electron chi connectivity index (χ3n) is 16.8. The normalized spacial score (nSPS) is 14.0. The molecule has 0 spiro atoms. The first kappa shape index (κ1) is 32.2. The first-order valence-corrected chi connectivity index (χ1v) is 23.4. The maximum absolute atomic E-state index is 2.69. The lowest BCUT2D eigenvalue weighted by atomic mass is 9.18. The minimum absolute atomic E-state index is 0.0425. The van der Waals surface area contributed by atoms with Gasteiger partial charge in [-0.1, -0.05) is 133 Å². The Morgan fingerprint density at radius 2 is 0.500 bits per heavy atom. The number of aromatic nitrogens is 4. The molecule has 296 valence electrons. The SMILES string of the molecule is c1ccc(-c2c3c4ccccc4n4c3c3c5c2c2ccccc2n5-c2ccc5c6c2B3c2c-4ccc3c2B6c2c4c(c(-c6ccccc6)c6c7ccccc7n-5c26)c2ccccc2n4-3)cc1. The molecule has 19 rings (SSSR count). The summed E-state index contributed by atoms with van der Waals surface area (Å²) in [6.45, 7) is 0.0850. The standard InChI is InChI=1S/C60H30B2N4/c1-3-15-31(16-4-1)45-47-33-19-7-11-23-37(33)63-41-27-29-43-53-51(41)61-52-42(64-38-24-12-8-20-34(38)48(45)58(64)55(61)57(47)63)28-30-44-54(52)62(53)56-59-49(35-21-9-13-25-39(35)65(43)59)46(32-17-5-2-6-18-32)50-36-22-10-14-26-40(36)66(44)60(50)56/h1-30H. The van der Waals surface area contributed by atoms with E-state index in [-0.39, 0.29) is 13.4 Å². The van der Waals surface area contributed by atoms with Crippen LogP contribution in [-0.4, -0.2) is 31.7 Å². The minimum atomic E-state index is 0.0425. The molecule has 4 nitrogen and oxygen atoms in total. The molecule has 0 atom stereocenters. The minimum Gasteiger partial charge on any atom is -0.310 e. The van der Waals surface area contributed by atoms with Crippen LogP contribution >= 0.6 is 0 Å². The molecule has 10 aromatic carbocycles. The predicted molar refractivity (Wildman–Crippen MR) is 278 cm³/mol. The lowest BCUT2D eigenvalue weighted by Crippen LogP contribution is -2.80. The van der Waals surface area contributed by atoms with Crippen LogP contribution < -0.4 is 32.8 Å². The fourth-order valence-electron chi connectivity index (χ4n) is 14.9. The Bertz CT molecular complexity index is 4200. The second kappa shape index (κ2) is 10.4. The number of rotatable bonds is 2. The van der Waals surface area contributed by atoms with Crippen LogP contribution in [0.15, 0.2) is 182 Å². The van der Waals surface area contributed by atoms with Crippen LogP contribution in [0.1, 0.15) is 0 Å². The third-order valence-corrected chi connectivity index (χ3v) is 16.8. The fourth-order valence-corrected chi connectivity index (χ4v) is 14.9. The maximum atomic E-state index is 2.69. The lowest BCUT2D eigenvalue weighted by molar-refractivity contribution is 1.13. The highest BCUT2D eigenvalue weighted by molar-refractivity contribution is 7.15. The van der Waals surface area contributed by atoms with Gasteiger partial charge in [-0.3, -0.25) is 0 Å². The van der Waals surface area contributed by atoms with Crippen molar-refractivity contribution in [2.75, 3.05) is 0 Å². The molecule has 6 heteroatoms. The maximum Gasteiger partial charge on any atom is 0.251 e. The number of nitrogens with zero attached hydrogens (tertiary/aromatic N) is 4. The van der Waals surface area contributed by atoms with Crippen molar-refractivity contribution in [2.45, 2.75) is 0 Å². The van der Waals surface area contributed by atoms with Gasteiger partial charge >= 0.3 is 0 Å². The van der Waals surface area contributed by atoms with Crippen LogP contribution in [0.4, 0.5) is 0 Å². The van der Waals surface area contributed by atoms with Gasteiger partial charge in [0.2, 0.25) is 0 Å². The van der Waals surface area contributed by atoms with Gasteiger partial charge in [0.25, 0.3) is 13.4 Å². The van der Waals surface area contributed by atoms with Crippen molar-refractivity contribution >= 4 is 133 Å². The van der Waals surface area contributed by atoms with Gasteiger partial charge < -0.3 is 18.3 Å². The zero-order valence-electron chi connectivity index (χ0n) is 35.3. The summed E-state index contributed by atoms with van der Waals surface area (Å²) in [5, 5.41) is 10.7. The van der Waals surface area contributed by atoms with Gasteiger partial charge in [0, 0.05) is 77.0 Å². The topological polar surface area (TPSA) is 19.7 Å². The zero-order chi connectivity index (χ0) is 42.0. The average molecular weight is 829 g/mol. The molecule has 0 amide bonds. The second-order valence-corrected chi connectivity index (χ2v) is 19.3. The largest absolute Gasteiger partial charge is 0.310 e. The van der Waals surface area contributed by atoms with Gasteiger partial charge in [0.05, 0.1) is 44.1 Å². The van der Waals surface area contributed by atoms with Crippen LogP contribution in [0.25, 0.3) is 132 Å². The summed E-state index contributed by atoms with van der Waals surface area (Å²) in [6.07, 6.45) is 0. The van der Waals surface area contributed by atoms with Crippen LogP contribution in [0.2, 0.25) is 0 Å². The predicted octanol–water partition coefficient (Wildman–Crippen LogP) is 10.0. The number of hydrogen-bond donors (Lipinski definition) is 0. The molecule has 9 heterocycles. The van der Waals surface area contributed by atoms with E-state index in [0.717, 1.165) is 0 Å². The van der Waals surface area contributed by atoms with Gasteiger partial charge in [0.1, 0.15) is 0 Å². The quantitative estimate of drug-likeness (QED) is 0.155. The molecule has 66 heavy (non-hydrogen) atoms. The van der Waals surface area contributed by atoms with Crippen LogP contribution in [0, 0.1) is 0 Å². The molecule has 0 radical (unpaired) electrons. The van der Waals surface area contributed by atoms with E-state index in [0.29, 0.717) is 0 Å². The van der Waals surface area contributed by atoms with E-state index in [2.05, 4.69) is 200 Å². The van der Waals surface area contributed by atoms with Crippen molar-refractivity contribution in [3.63, 3.8) is 0 Å². The Labute approximate surface area is 376 Å². The highest BCUT2D eigenvalue weighted by Crippen LogP contribution is 2.52. The molecule has 0 bridgehead atoms. The average Bonchev–Trinajstić information content (AvgIpc) is 4.12. The number of fused-ring (bicyclic) bond motifs is 16. The van der Waals surface area contributed by atoms with Crippen molar-refractivity contribution in [3.8, 4) is 45.0 Å². The first-order chi connectivity index (χ1) is 32.9. The summed E-state index contributed by atoms with van der Waals surface area (Å²) < 4.78 is 10.7. The van der Waals surface area contributed by atoms with Gasteiger partial charge in [0.15, 0.2) is 0 Å². The van der Waals surface area contributed by atoms with E-state index in [4.69, 9.17) is 0 Å². The van der Waals surface area contributed by atoms with Crippen molar-refractivity contribution in [1.29, 1.82) is 0 Å². The van der Waals surface area contributed by atoms with Crippen LogP contribution in [0.5, 0.6) is 0 Å². The van der Waals surface area contributed by atoms with E-state index in [1.54, 1.807) is 0 Å². The highest BCUT2D eigenvalue weighted by Gasteiger charge is 2.55. The summed E-state index contributed by atoms with van der Waals surface area (Å²) in [7, 11) is 0. The summed E-state index contributed by atoms with van der Waals surface area (Å²) in [5.74, 6) is 0. The van der Waals surface area contributed by atoms with Gasteiger partial charge in [-0.25, -0.2) is 0 Å². The molecule has 5 aliphatic heterocycles. The molecule has 0 saturated carbocycles. The molecule has 5 aliphatic rings. The number of hydrogen-bond acceptors (Lipinski definition) is 0.